The van der Waals surface area contributed by atoms with Gasteiger partial charge in [0.25, 0.3) is 0 Å². The Morgan fingerprint density at radius 2 is 1.65 bits per heavy atom. The van der Waals surface area contributed by atoms with Crippen LogP contribution in [0.4, 0.5) is 10.8 Å². The second kappa shape index (κ2) is 8.82. The molecule has 23 heavy (non-hydrogen) atoms. The molecule has 0 spiro atoms. The summed E-state index contributed by atoms with van der Waals surface area (Å²) >= 11 is 1.71. The maximum atomic E-state index is 5.27. The lowest BCUT2D eigenvalue weighted by Gasteiger charge is -2.06. The summed E-state index contributed by atoms with van der Waals surface area (Å²) in [7, 11) is 1.74. The Hall–Kier alpha value is -1.69. The van der Waals surface area contributed by atoms with E-state index in [4.69, 9.17) is 4.74 Å². The minimum atomic E-state index is 0. The molecule has 3 aromatic rings. The van der Waals surface area contributed by atoms with Crippen LogP contribution in [0.25, 0.3) is 11.3 Å². The zero-order chi connectivity index (χ0) is 15.2. The van der Waals surface area contributed by atoms with Gasteiger partial charge >= 0.3 is 5.13 Å². The molecule has 0 saturated carbocycles. The van der Waals surface area contributed by atoms with Crippen molar-refractivity contribution in [3.05, 3.63) is 66.0 Å². The van der Waals surface area contributed by atoms with E-state index >= 15 is 0 Å². The van der Waals surface area contributed by atoms with Crippen LogP contribution in [0.3, 0.4) is 0 Å². The van der Waals surface area contributed by atoms with Crippen molar-refractivity contribution in [2.45, 2.75) is 6.54 Å². The molecule has 120 valence electrons. The number of methoxy groups -OCH3 is 1. The molecule has 0 saturated heterocycles. The number of para-hydroxylation sites is 1. The SMILES string of the molecule is COCC[n+]1c(-c2ccccc2)csc1Nc1ccccc1.[Br-]. The summed E-state index contributed by atoms with van der Waals surface area (Å²) in [5.74, 6) is 0. The summed E-state index contributed by atoms with van der Waals surface area (Å²) in [5, 5.41) is 6.80. The highest BCUT2D eigenvalue weighted by Gasteiger charge is 2.19. The molecule has 0 aliphatic rings. The van der Waals surface area contributed by atoms with Crippen molar-refractivity contribution in [3.63, 3.8) is 0 Å². The quantitative estimate of drug-likeness (QED) is 0.637. The smallest absolute Gasteiger partial charge is 0.339 e. The lowest BCUT2D eigenvalue weighted by Crippen LogP contribution is -3.00. The zero-order valence-electron chi connectivity index (χ0n) is 12.9. The largest absolute Gasteiger partial charge is 1.00 e. The molecule has 0 fully saturated rings. The van der Waals surface area contributed by atoms with Gasteiger partial charge in [0.2, 0.25) is 0 Å². The summed E-state index contributed by atoms with van der Waals surface area (Å²) in [5.41, 5.74) is 3.52. The highest BCUT2D eigenvalue weighted by molar-refractivity contribution is 7.13. The fraction of sp³-hybridized carbons (Fsp3) is 0.167. The van der Waals surface area contributed by atoms with Gasteiger partial charge in [-0.15, -0.1) is 0 Å². The van der Waals surface area contributed by atoms with Crippen LogP contribution in [-0.2, 0) is 11.3 Å². The van der Waals surface area contributed by atoms with Gasteiger partial charge in [-0.05, 0) is 12.1 Å². The normalized spacial score (nSPS) is 10.1. The first-order valence-corrected chi connectivity index (χ1v) is 8.14. The van der Waals surface area contributed by atoms with Crippen LogP contribution in [-0.4, -0.2) is 13.7 Å². The van der Waals surface area contributed by atoms with E-state index in [1.54, 1.807) is 18.4 Å². The number of halogens is 1. The lowest BCUT2D eigenvalue weighted by atomic mass is 10.2. The molecule has 0 amide bonds. The molecule has 0 aliphatic heterocycles. The number of hydrogen-bond donors (Lipinski definition) is 1. The maximum absolute atomic E-state index is 5.27. The van der Waals surface area contributed by atoms with Gasteiger partial charge < -0.3 is 21.7 Å². The van der Waals surface area contributed by atoms with Crippen molar-refractivity contribution >= 4 is 22.2 Å². The first kappa shape index (κ1) is 17.7. The van der Waals surface area contributed by atoms with Gasteiger partial charge in [0.15, 0.2) is 0 Å². The van der Waals surface area contributed by atoms with Crippen LogP contribution in [0.15, 0.2) is 66.0 Å². The van der Waals surface area contributed by atoms with Crippen molar-refractivity contribution in [3.8, 4) is 11.3 Å². The fourth-order valence-corrected chi connectivity index (χ4v) is 3.31. The number of thiazole rings is 1. The summed E-state index contributed by atoms with van der Waals surface area (Å²) in [4.78, 5) is 0. The first-order valence-electron chi connectivity index (χ1n) is 7.26. The first-order chi connectivity index (χ1) is 10.9. The number of nitrogens with one attached hydrogen (secondary N) is 1. The van der Waals surface area contributed by atoms with Gasteiger partial charge in [-0.1, -0.05) is 59.9 Å². The van der Waals surface area contributed by atoms with E-state index in [0.717, 1.165) is 17.4 Å². The number of nitrogens with zero attached hydrogens (tertiary/aromatic N) is 1. The van der Waals surface area contributed by atoms with E-state index in [2.05, 4.69) is 51.7 Å². The molecule has 0 atom stereocenters. The van der Waals surface area contributed by atoms with Crippen molar-refractivity contribution in [1.82, 2.24) is 0 Å². The molecule has 1 N–H and O–H groups in total. The third-order valence-electron chi connectivity index (χ3n) is 3.43. The minimum absolute atomic E-state index is 0. The lowest BCUT2D eigenvalue weighted by molar-refractivity contribution is -0.669. The van der Waals surface area contributed by atoms with E-state index in [0.29, 0.717) is 6.61 Å². The summed E-state index contributed by atoms with van der Waals surface area (Å²) < 4.78 is 7.54. The van der Waals surface area contributed by atoms with Crippen LogP contribution >= 0.6 is 11.3 Å². The molecule has 0 unspecified atom stereocenters. The third kappa shape index (κ3) is 4.41. The van der Waals surface area contributed by atoms with E-state index in [1.807, 2.05) is 24.3 Å². The van der Waals surface area contributed by atoms with Crippen LogP contribution < -0.4 is 26.9 Å². The monoisotopic (exact) mass is 390 g/mol. The summed E-state index contributed by atoms with van der Waals surface area (Å²) in [6.07, 6.45) is 0. The third-order valence-corrected chi connectivity index (χ3v) is 4.32. The molecule has 5 heteroatoms. The highest BCUT2D eigenvalue weighted by atomic mass is 79.9. The van der Waals surface area contributed by atoms with Crippen molar-refractivity contribution in [2.24, 2.45) is 0 Å². The predicted molar refractivity (Wildman–Crippen MR) is 91.6 cm³/mol. The van der Waals surface area contributed by atoms with Gasteiger partial charge in [-0.25, -0.2) is 9.88 Å². The molecule has 1 aromatic heterocycles. The Morgan fingerprint density at radius 3 is 2.30 bits per heavy atom. The molecule has 2 aromatic carbocycles. The van der Waals surface area contributed by atoms with Crippen LogP contribution in [0, 0.1) is 0 Å². The molecule has 0 aliphatic carbocycles. The van der Waals surface area contributed by atoms with Gasteiger partial charge in [0.05, 0.1) is 6.61 Å². The van der Waals surface area contributed by atoms with Gasteiger partial charge in [0, 0.05) is 18.1 Å². The number of anilines is 2. The highest BCUT2D eigenvalue weighted by Crippen LogP contribution is 2.25. The number of aromatic nitrogens is 1. The molecule has 3 rings (SSSR count). The Bertz CT molecular complexity index is 716. The Balaban J connectivity index is 0.00000192. The Kier molecular flexibility index (Phi) is 6.77. The molecule has 0 radical (unpaired) electrons. The number of ether oxygens (including phenoxy) is 1. The molecule has 3 nitrogen and oxygen atoms in total. The topological polar surface area (TPSA) is 25.1 Å². The molecule has 1 heterocycles. The minimum Gasteiger partial charge on any atom is -1.00 e. The second-order valence-corrected chi connectivity index (χ2v) is 5.79. The summed E-state index contributed by atoms with van der Waals surface area (Å²) in [6.45, 7) is 1.50. The van der Waals surface area contributed by atoms with Crippen molar-refractivity contribution in [1.29, 1.82) is 0 Å². The number of benzene rings is 2. The van der Waals surface area contributed by atoms with E-state index in [9.17, 15) is 0 Å². The Labute approximate surface area is 151 Å². The van der Waals surface area contributed by atoms with Crippen LogP contribution in [0.2, 0.25) is 0 Å². The Morgan fingerprint density at radius 1 is 1.00 bits per heavy atom. The van der Waals surface area contributed by atoms with Crippen LogP contribution in [0.1, 0.15) is 0 Å². The zero-order valence-corrected chi connectivity index (χ0v) is 15.3. The van der Waals surface area contributed by atoms with Crippen molar-refractivity contribution in [2.75, 3.05) is 19.0 Å². The van der Waals surface area contributed by atoms with Gasteiger partial charge in [0.1, 0.15) is 17.9 Å². The van der Waals surface area contributed by atoms with E-state index in [-0.39, 0.29) is 17.0 Å². The standard InChI is InChI=1S/C18H18N2OS.BrH/c1-21-13-12-20-17(15-8-4-2-5-9-15)14-22-18(20)19-16-10-6-3-7-11-16;/h2-11,14H,12-13H2,1H3;1H. The van der Waals surface area contributed by atoms with Gasteiger partial charge in [-0.2, -0.15) is 0 Å². The van der Waals surface area contributed by atoms with E-state index < -0.39 is 0 Å². The predicted octanol–water partition coefficient (Wildman–Crippen LogP) is 1.10. The molecular weight excluding hydrogens is 372 g/mol. The van der Waals surface area contributed by atoms with Crippen LogP contribution in [0.5, 0.6) is 0 Å². The average Bonchev–Trinajstić information content (AvgIpc) is 2.97. The second-order valence-electron chi connectivity index (χ2n) is 4.93. The molecule has 0 bridgehead atoms. The molecular formula is C18H19BrN2OS. The maximum Gasteiger partial charge on any atom is 0.339 e. The summed E-state index contributed by atoms with van der Waals surface area (Å²) in [6, 6.07) is 20.7. The number of hydrogen-bond acceptors (Lipinski definition) is 3. The fourth-order valence-electron chi connectivity index (χ4n) is 2.33. The number of rotatable bonds is 6. The van der Waals surface area contributed by atoms with Gasteiger partial charge in [-0.3, -0.25) is 0 Å². The van der Waals surface area contributed by atoms with Crippen molar-refractivity contribution < 1.29 is 26.3 Å². The average molecular weight is 391 g/mol. The van der Waals surface area contributed by atoms with E-state index in [1.165, 1.54) is 11.3 Å².